The Bertz CT molecular complexity index is 369. The van der Waals surface area contributed by atoms with Crippen molar-refractivity contribution in [3.63, 3.8) is 0 Å². The topological polar surface area (TPSA) is 95.5 Å². The molecule has 0 aromatic heterocycles. The summed E-state index contributed by atoms with van der Waals surface area (Å²) in [6.45, 7) is -0.308. The van der Waals surface area contributed by atoms with Gasteiger partial charge in [0.2, 0.25) is 0 Å². The van der Waals surface area contributed by atoms with Crippen LogP contribution in [0.15, 0.2) is 0 Å². The molecular formula is C8H15F3N2O4S. The Morgan fingerprint density at radius 1 is 1.33 bits per heavy atom. The first-order valence-electron chi connectivity index (χ1n) is 5.07. The molecule has 18 heavy (non-hydrogen) atoms. The fourth-order valence-corrected chi connectivity index (χ4v) is 1.83. The summed E-state index contributed by atoms with van der Waals surface area (Å²) in [5, 5.41) is 8.54. The Morgan fingerprint density at radius 3 is 2.33 bits per heavy atom. The molecule has 1 unspecified atom stereocenters. The van der Waals surface area contributed by atoms with Gasteiger partial charge < -0.3 is 5.11 Å². The number of rotatable bonds is 8. The standard InChI is InChI=1S/C8H15F3N2O4S/c1-6(7(14)15)3-2-4-12-18(16,17)13-5-8(9,10)11/h6,12-13H,2-5H2,1H3,(H,14,15). The van der Waals surface area contributed by atoms with Crippen molar-refractivity contribution in [3.8, 4) is 0 Å². The SMILES string of the molecule is CC(CCCNS(=O)(=O)NCC(F)(F)F)C(=O)O. The average molecular weight is 292 g/mol. The van der Waals surface area contributed by atoms with Crippen LogP contribution >= 0.6 is 0 Å². The summed E-state index contributed by atoms with van der Waals surface area (Å²) in [5.41, 5.74) is 0. The van der Waals surface area contributed by atoms with Crippen LogP contribution in [0.1, 0.15) is 19.8 Å². The van der Waals surface area contributed by atoms with E-state index in [9.17, 15) is 26.4 Å². The molecule has 108 valence electrons. The molecule has 0 fully saturated rings. The lowest BCUT2D eigenvalue weighted by Gasteiger charge is -2.10. The fraction of sp³-hybridized carbons (Fsp3) is 0.875. The van der Waals surface area contributed by atoms with E-state index in [2.05, 4.69) is 0 Å². The highest BCUT2D eigenvalue weighted by Gasteiger charge is 2.29. The maximum Gasteiger partial charge on any atom is 0.402 e. The van der Waals surface area contributed by atoms with Gasteiger partial charge in [0.15, 0.2) is 0 Å². The van der Waals surface area contributed by atoms with Gasteiger partial charge in [-0.15, -0.1) is 0 Å². The van der Waals surface area contributed by atoms with Crippen LogP contribution in [0, 0.1) is 5.92 Å². The van der Waals surface area contributed by atoms with Gasteiger partial charge in [-0.1, -0.05) is 6.92 Å². The molecule has 0 radical (unpaired) electrons. The van der Waals surface area contributed by atoms with Gasteiger partial charge in [-0.3, -0.25) is 4.79 Å². The highest BCUT2D eigenvalue weighted by Crippen LogP contribution is 2.12. The van der Waals surface area contributed by atoms with E-state index in [1.54, 1.807) is 0 Å². The zero-order valence-electron chi connectivity index (χ0n) is 9.62. The molecule has 0 heterocycles. The lowest BCUT2D eigenvalue weighted by Crippen LogP contribution is -2.41. The summed E-state index contributed by atoms with van der Waals surface area (Å²) in [6.07, 6.45) is -4.16. The third-order valence-electron chi connectivity index (χ3n) is 1.99. The highest BCUT2D eigenvalue weighted by molar-refractivity contribution is 7.87. The Balaban J connectivity index is 3.88. The van der Waals surface area contributed by atoms with Crippen molar-refractivity contribution in [2.45, 2.75) is 25.9 Å². The number of halogens is 3. The first-order chi connectivity index (χ1) is 8.03. The number of carboxylic acid groups (broad SMARTS) is 1. The number of aliphatic carboxylic acids is 1. The molecule has 0 spiro atoms. The predicted octanol–water partition coefficient (Wildman–Crippen LogP) is 0.474. The molecule has 0 aliphatic carbocycles. The van der Waals surface area contributed by atoms with Gasteiger partial charge in [0.05, 0.1) is 5.92 Å². The van der Waals surface area contributed by atoms with Crippen LogP contribution in [0.4, 0.5) is 13.2 Å². The normalized spacial score (nSPS) is 14.4. The van der Waals surface area contributed by atoms with E-state index in [-0.39, 0.29) is 19.4 Å². The zero-order valence-corrected chi connectivity index (χ0v) is 10.4. The van der Waals surface area contributed by atoms with Crippen LogP contribution in [0.2, 0.25) is 0 Å². The predicted molar refractivity (Wildman–Crippen MR) is 57.0 cm³/mol. The first-order valence-corrected chi connectivity index (χ1v) is 6.55. The summed E-state index contributed by atoms with van der Waals surface area (Å²) in [4.78, 5) is 10.4. The number of carboxylic acids is 1. The minimum absolute atomic E-state index is 0.120. The minimum atomic E-state index is -4.62. The number of alkyl halides is 3. The Kier molecular flexibility index (Phi) is 6.57. The molecule has 0 amide bonds. The van der Waals surface area contributed by atoms with E-state index in [4.69, 9.17) is 5.11 Å². The molecule has 0 bridgehead atoms. The molecular weight excluding hydrogens is 277 g/mol. The summed E-state index contributed by atoms with van der Waals surface area (Å²) >= 11 is 0. The van der Waals surface area contributed by atoms with Crippen LogP contribution in [0.5, 0.6) is 0 Å². The summed E-state index contributed by atoms with van der Waals surface area (Å²) in [6, 6.07) is 0. The van der Waals surface area contributed by atoms with Crippen molar-refractivity contribution in [1.29, 1.82) is 0 Å². The van der Waals surface area contributed by atoms with Crippen LogP contribution in [-0.2, 0) is 15.0 Å². The molecule has 0 aliphatic heterocycles. The first kappa shape index (κ1) is 17.1. The van der Waals surface area contributed by atoms with E-state index in [0.29, 0.717) is 0 Å². The van der Waals surface area contributed by atoms with Crippen LogP contribution in [0.3, 0.4) is 0 Å². The lowest BCUT2D eigenvalue weighted by molar-refractivity contribution is -0.141. The molecule has 0 saturated carbocycles. The second kappa shape index (κ2) is 6.90. The number of nitrogens with one attached hydrogen (secondary N) is 2. The average Bonchev–Trinajstić information content (AvgIpc) is 2.20. The van der Waals surface area contributed by atoms with Crippen molar-refractivity contribution in [3.05, 3.63) is 0 Å². The van der Waals surface area contributed by atoms with Gasteiger partial charge in [-0.25, -0.2) is 4.72 Å². The molecule has 0 saturated heterocycles. The van der Waals surface area contributed by atoms with Gasteiger partial charge in [-0.2, -0.15) is 26.3 Å². The van der Waals surface area contributed by atoms with E-state index < -0.39 is 34.8 Å². The van der Waals surface area contributed by atoms with Gasteiger partial charge in [-0.05, 0) is 12.8 Å². The van der Waals surface area contributed by atoms with Crippen LogP contribution < -0.4 is 9.44 Å². The van der Waals surface area contributed by atoms with Gasteiger partial charge in [0, 0.05) is 6.54 Å². The van der Waals surface area contributed by atoms with E-state index in [1.165, 1.54) is 11.6 Å². The smallest absolute Gasteiger partial charge is 0.402 e. The fourth-order valence-electron chi connectivity index (χ4n) is 0.966. The maximum absolute atomic E-state index is 11.7. The quantitative estimate of drug-likeness (QED) is 0.567. The van der Waals surface area contributed by atoms with Crippen molar-refractivity contribution < 1.29 is 31.5 Å². The molecule has 3 N–H and O–H groups in total. The molecule has 0 rings (SSSR count). The molecule has 0 aromatic rings. The molecule has 6 nitrogen and oxygen atoms in total. The number of hydrogen-bond acceptors (Lipinski definition) is 3. The van der Waals surface area contributed by atoms with E-state index in [1.807, 2.05) is 4.72 Å². The molecule has 0 aromatic carbocycles. The van der Waals surface area contributed by atoms with Gasteiger partial charge in [0.25, 0.3) is 10.2 Å². The number of hydrogen-bond donors (Lipinski definition) is 3. The number of carbonyl (C=O) groups is 1. The van der Waals surface area contributed by atoms with Gasteiger partial charge in [0.1, 0.15) is 6.54 Å². The second-order valence-electron chi connectivity index (χ2n) is 3.72. The largest absolute Gasteiger partial charge is 0.481 e. The monoisotopic (exact) mass is 292 g/mol. The summed E-state index contributed by atoms with van der Waals surface area (Å²) in [7, 11) is -4.20. The third kappa shape index (κ3) is 9.19. The highest BCUT2D eigenvalue weighted by atomic mass is 32.2. The zero-order chi connectivity index (χ0) is 14.4. The molecule has 0 aliphatic rings. The van der Waals surface area contributed by atoms with E-state index >= 15 is 0 Å². The Labute approximate surface area is 103 Å². The van der Waals surface area contributed by atoms with E-state index in [0.717, 1.165) is 0 Å². The van der Waals surface area contributed by atoms with Gasteiger partial charge >= 0.3 is 12.1 Å². The minimum Gasteiger partial charge on any atom is -0.481 e. The molecule has 10 heteroatoms. The Morgan fingerprint density at radius 2 is 1.89 bits per heavy atom. The Hall–Kier alpha value is -0.870. The summed E-state index contributed by atoms with van der Waals surface area (Å²) in [5.74, 6) is -1.63. The lowest BCUT2D eigenvalue weighted by atomic mass is 10.1. The van der Waals surface area contributed by atoms with Crippen molar-refractivity contribution in [2.75, 3.05) is 13.1 Å². The molecule has 1 atom stereocenters. The van der Waals surface area contributed by atoms with Crippen molar-refractivity contribution in [1.82, 2.24) is 9.44 Å². The van der Waals surface area contributed by atoms with Crippen LogP contribution in [-0.4, -0.2) is 38.8 Å². The summed E-state index contributed by atoms with van der Waals surface area (Å²) < 4.78 is 60.5. The maximum atomic E-state index is 11.7. The van der Waals surface area contributed by atoms with Crippen molar-refractivity contribution in [2.24, 2.45) is 5.92 Å². The van der Waals surface area contributed by atoms with Crippen molar-refractivity contribution >= 4 is 16.2 Å². The second-order valence-corrected chi connectivity index (χ2v) is 5.30. The third-order valence-corrected chi connectivity index (χ3v) is 3.10. The van der Waals surface area contributed by atoms with Crippen LogP contribution in [0.25, 0.3) is 0 Å².